The van der Waals surface area contributed by atoms with Gasteiger partial charge in [0.05, 0.1) is 12.7 Å². The molecule has 3 heteroatoms. The molecule has 2 aromatic rings. The molecular formula is C14H16N2O. The average Bonchev–Trinajstić information content (AvgIpc) is 2.91. The van der Waals surface area contributed by atoms with Crippen LogP contribution in [0, 0.1) is 6.92 Å². The monoisotopic (exact) mass is 228 g/mol. The fourth-order valence-corrected chi connectivity index (χ4v) is 2.42. The van der Waals surface area contributed by atoms with E-state index in [9.17, 15) is 0 Å². The number of oxazole rings is 1. The molecule has 0 fully saturated rings. The largest absolute Gasteiger partial charge is 0.445 e. The second-order valence-corrected chi connectivity index (χ2v) is 4.62. The van der Waals surface area contributed by atoms with Gasteiger partial charge in [0, 0.05) is 6.04 Å². The van der Waals surface area contributed by atoms with Crippen molar-refractivity contribution in [3.05, 3.63) is 53.2 Å². The Morgan fingerprint density at radius 2 is 2.00 bits per heavy atom. The standard InChI is InChI=1S/C14H16N2O/c1-10-8-16-14(17-10)9-15-13-6-11-4-2-3-5-12(11)7-13/h2-5,8,13,15H,6-7,9H2,1H3. The highest BCUT2D eigenvalue weighted by atomic mass is 16.4. The van der Waals surface area contributed by atoms with Gasteiger partial charge < -0.3 is 9.73 Å². The molecule has 0 unspecified atom stereocenters. The first-order chi connectivity index (χ1) is 8.31. The van der Waals surface area contributed by atoms with Crippen molar-refractivity contribution < 1.29 is 4.42 Å². The van der Waals surface area contributed by atoms with Gasteiger partial charge in [-0.1, -0.05) is 24.3 Å². The van der Waals surface area contributed by atoms with E-state index in [1.54, 1.807) is 6.20 Å². The Hall–Kier alpha value is -1.61. The van der Waals surface area contributed by atoms with Gasteiger partial charge in [-0.2, -0.15) is 0 Å². The fourth-order valence-electron chi connectivity index (χ4n) is 2.42. The molecular weight excluding hydrogens is 212 g/mol. The Morgan fingerprint density at radius 3 is 2.59 bits per heavy atom. The first-order valence-electron chi connectivity index (χ1n) is 6.03. The minimum absolute atomic E-state index is 0.514. The van der Waals surface area contributed by atoms with Gasteiger partial charge in [-0.15, -0.1) is 0 Å². The summed E-state index contributed by atoms with van der Waals surface area (Å²) in [4.78, 5) is 4.20. The molecule has 3 rings (SSSR count). The molecule has 1 N–H and O–H groups in total. The van der Waals surface area contributed by atoms with Gasteiger partial charge in [0.25, 0.3) is 0 Å². The average molecular weight is 228 g/mol. The summed E-state index contributed by atoms with van der Waals surface area (Å²) in [6.07, 6.45) is 3.98. The van der Waals surface area contributed by atoms with Crippen LogP contribution >= 0.6 is 0 Å². The van der Waals surface area contributed by atoms with Crippen LogP contribution in [0.3, 0.4) is 0 Å². The first-order valence-corrected chi connectivity index (χ1v) is 6.03. The van der Waals surface area contributed by atoms with Crippen LogP contribution in [0.1, 0.15) is 22.8 Å². The first kappa shape index (κ1) is 10.5. The molecule has 0 spiro atoms. The van der Waals surface area contributed by atoms with E-state index >= 15 is 0 Å². The molecule has 1 aliphatic carbocycles. The van der Waals surface area contributed by atoms with Crippen LogP contribution < -0.4 is 5.32 Å². The Bertz CT molecular complexity index is 493. The van der Waals surface area contributed by atoms with Crippen molar-refractivity contribution in [3.63, 3.8) is 0 Å². The lowest BCUT2D eigenvalue weighted by molar-refractivity contribution is 0.424. The minimum atomic E-state index is 0.514. The maximum absolute atomic E-state index is 5.45. The number of hydrogen-bond donors (Lipinski definition) is 1. The second-order valence-electron chi connectivity index (χ2n) is 4.62. The maximum atomic E-state index is 5.45. The van der Waals surface area contributed by atoms with Crippen LogP contribution in [0.2, 0.25) is 0 Å². The molecule has 0 radical (unpaired) electrons. The smallest absolute Gasteiger partial charge is 0.208 e. The Balaban J connectivity index is 1.59. The number of aromatic nitrogens is 1. The van der Waals surface area contributed by atoms with E-state index < -0.39 is 0 Å². The van der Waals surface area contributed by atoms with E-state index in [0.29, 0.717) is 12.6 Å². The zero-order valence-electron chi connectivity index (χ0n) is 9.94. The summed E-state index contributed by atoms with van der Waals surface area (Å²) in [5, 5.41) is 3.50. The number of fused-ring (bicyclic) bond motifs is 1. The van der Waals surface area contributed by atoms with Crippen molar-refractivity contribution in [2.75, 3.05) is 0 Å². The number of rotatable bonds is 3. The number of aryl methyl sites for hydroxylation is 1. The topological polar surface area (TPSA) is 38.1 Å². The van der Waals surface area contributed by atoms with E-state index in [2.05, 4.69) is 34.6 Å². The molecule has 0 bridgehead atoms. The molecule has 1 heterocycles. The summed E-state index contributed by atoms with van der Waals surface area (Å²) < 4.78 is 5.45. The molecule has 1 aromatic carbocycles. The van der Waals surface area contributed by atoms with Gasteiger partial charge >= 0.3 is 0 Å². The third kappa shape index (κ3) is 2.24. The molecule has 0 amide bonds. The molecule has 0 saturated heterocycles. The van der Waals surface area contributed by atoms with E-state index in [1.165, 1.54) is 11.1 Å². The Morgan fingerprint density at radius 1 is 1.29 bits per heavy atom. The highest BCUT2D eigenvalue weighted by Gasteiger charge is 2.20. The second kappa shape index (κ2) is 4.34. The van der Waals surface area contributed by atoms with Crippen molar-refractivity contribution in [3.8, 4) is 0 Å². The summed E-state index contributed by atoms with van der Waals surface area (Å²) in [7, 11) is 0. The Labute approximate surface area is 101 Å². The number of hydrogen-bond acceptors (Lipinski definition) is 3. The van der Waals surface area contributed by atoms with Gasteiger partial charge in [-0.05, 0) is 30.9 Å². The highest BCUT2D eigenvalue weighted by molar-refractivity contribution is 5.33. The molecule has 1 aliphatic rings. The number of nitrogens with zero attached hydrogens (tertiary/aromatic N) is 1. The molecule has 0 aliphatic heterocycles. The van der Waals surface area contributed by atoms with Crippen molar-refractivity contribution in [2.24, 2.45) is 0 Å². The minimum Gasteiger partial charge on any atom is -0.445 e. The molecule has 3 nitrogen and oxygen atoms in total. The Kier molecular flexibility index (Phi) is 2.69. The van der Waals surface area contributed by atoms with Gasteiger partial charge in [0.15, 0.2) is 0 Å². The van der Waals surface area contributed by atoms with Crippen molar-refractivity contribution in [1.29, 1.82) is 0 Å². The van der Waals surface area contributed by atoms with Crippen LogP contribution in [-0.4, -0.2) is 11.0 Å². The number of benzene rings is 1. The lowest BCUT2D eigenvalue weighted by atomic mass is 10.1. The zero-order valence-corrected chi connectivity index (χ0v) is 9.94. The summed E-state index contributed by atoms with van der Waals surface area (Å²) in [6.45, 7) is 2.63. The normalized spacial score (nSPS) is 15.1. The van der Waals surface area contributed by atoms with Gasteiger partial charge in [0.1, 0.15) is 5.76 Å². The summed E-state index contributed by atoms with van der Waals surface area (Å²) in [5.41, 5.74) is 2.93. The molecule has 17 heavy (non-hydrogen) atoms. The molecule has 0 atom stereocenters. The predicted molar refractivity (Wildman–Crippen MR) is 65.7 cm³/mol. The van der Waals surface area contributed by atoms with Crippen LogP contribution in [0.5, 0.6) is 0 Å². The van der Waals surface area contributed by atoms with E-state index in [0.717, 1.165) is 24.5 Å². The summed E-state index contributed by atoms with van der Waals surface area (Å²) in [6, 6.07) is 9.16. The van der Waals surface area contributed by atoms with Crippen LogP contribution in [0.4, 0.5) is 0 Å². The zero-order chi connectivity index (χ0) is 11.7. The van der Waals surface area contributed by atoms with Crippen LogP contribution in [0.15, 0.2) is 34.9 Å². The van der Waals surface area contributed by atoms with Crippen LogP contribution in [-0.2, 0) is 19.4 Å². The van der Waals surface area contributed by atoms with Crippen molar-refractivity contribution >= 4 is 0 Å². The van der Waals surface area contributed by atoms with E-state index in [1.807, 2.05) is 6.92 Å². The molecule has 88 valence electrons. The third-order valence-electron chi connectivity index (χ3n) is 3.26. The highest BCUT2D eigenvalue weighted by Crippen LogP contribution is 2.21. The lowest BCUT2D eigenvalue weighted by Crippen LogP contribution is -2.29. The SMILES string of the molecule is Cc1cnc(CNC2Cc3ccccc3C2)o1. The van der Waals surface area contributed by atoms with Gasteiger partial charge in [-0.3, -0.25) is 0 Å². The maximum Gasteiger partial charge on any atom is 0.208 e. The predicted octanol–water partition coefficient (Wildman–Crippen LogP) is 2.24. The van der Waals surface area contributed by atoms with Crippen molar-refractivity contribution in [2.45, 2.75) is 32.4 Å². The summed E-state index contributed by atoms with van der Waals surface area (Å²) >= 11 is 0. The van der Waals surface area contributed by atoms with Gasteiger partial charge in [0.2, 0.25) is 5.89 Å². The molecule has 0 saturated carbocycles. The van der Waals surface area contributed by atoms with Crippen molar-refractivity contribution in [1.82, 2.24) is 10.3 Å². The van der Waals surface area contributed by atoms with E-state index in [-0.39, 0.29) is 0 Å². The fraction of sp³-hybridized carbons (Fsp3) is 0.357. The van der Waals surface area contributed by atoms with E-state index in [4.69, 9.17) is 4.42 Å². The van der Waals surface area contributed by atoms with Gasteiger partial charge in [-0.25, -0.2) is 4.98 Å². The lowest BCUT2D eigenvalue weighted by Gasteiger charge is -2.09. The third-order valence-corrected chi connectivity index (χ3v) is 3.26. The summed E-state index contributed by atoms with van der Waals surface area (Å²) in [5.74, 6) is 1.65. The van der Waals surface area contributed by atoms with Crippen LogP contribution in [0.25, 0.3) is 0 Å². The quantitative estimate of drug-likeness (QED) is 0.875. The molecule has 1 aromatic heterocycles. The number of nitrogens with one attached hydrogen (secondary N) is 1.